The molecule has 0 bridgehead atoms. The largest absolute Gasteiger partial charge is 0.346 e. The predicted octanol–water partition coefficient (Wildman–Crippen LogP) is -0.214. The zero-order chi connectivity index (χ0) is 13.1. The van der Waals surface area contributed by atoms with Crippen LogP contribution in [0.15, 0.2) is 24.8 Å². The summed E-state index contributed by atoms with van der Waals surface area (Å²) in [4.78, 5) is 13.0. The molecule has 2 N–H and O–H groups in total. The summed E-state index contributed by atoms with van der Waals surface area (Å²) in [6.45, 7) is 0. The molecule has 0 spiro atoms. The number of hydrogen-bond donors (Lipinski definition) is 2. The van der Waals surface area contributed by atoms with Crippen molar-refractivity contribution < 1.29 is 9.48 Å². The van der Waals surface area contributed by atoms with Crippen LogP contribution in [0, 0.1) is 0 Å². The Balaban J connectivity index is 2.61. The Kier molecular flexibility index (Phi) is 3.53. The molecular formula is C13H19N5+2. The molecule has 0 saturated carbocycles. The Hall–Kier alpha value is -2.01. The van der Waals surface area contributed by atoms with Gasteiger partial charge in [-0.3, -0.25) is 0 Å². The molecule has 0 amide bonds. The molecule has 0 radical (unpaired) electrons. The zero-order valence-electron chi connectivity index (χ0n) is 11.2. The summed E-state index contributed by atoms with van der Waals surface area (Å²) in [6, 6.07) is 2.01. The first-order valence-corrected chi connectivity index (χ1v) is 5.89. The van der Waals surface area contributed by atoms with Crippen LogP contribution in [-0.4, -0.2) is 53.9 Å². The minimum Gasteiger partial charge on any atom is -0.346 e. The van der Waals surface area contributed by atoms with Crippen LogP contribution in [0.3, 0.4) is 0 Å². The molecule has 0 fully saturated rings. The van der Waals surface area contributed by atoms with Gasteiger partial charge in [0.2, 0.25) is 0 Å². The number of allylic oxidation sites excluding steroid dienone is 1. The molecule has 0 unspecified atom stereocenters. The molecule has 5 heteroatoms. The van der Waals surface area contributed by atoms with E-state index in [4.69, 9.17) is 0 Å². The zero-order valence-corrected chi connectivity index (χ0v) is 11.2. The van der Waals surface area contributed by atoms with E-state index in [1.807, 2.05) is 30.9 Å². The first-order valence-electron chi connectivity index (χ1n) is 5.89. The maximum atomic E-state index is 4.41. The molecule has 2 rings (SSSR count). The van der Waals surface area contributed by atoms with Gasteiger partial charge in [0.15, 0.2) is 6.21 Å². The molecule has 0 aliphatic carbocycles. The Bertz CT molecular complexity index is 603. The van der Waals surface area contributed by atoms with Crippen LogP contribution in [-0.2, 0) is 0 Å². The van der Waals surface area contributed by atoms with Gasteiger partial charge in [-0.25, -0.2) is 14.5 Å². The standard InChI is InChI=1S/C13H18N5/c1-17(2)7-10(8-18(3)4)12-11-5-6-14-13(11)16-9-15-12/h5-9H,1-4H3,(H,14,15,16)/q+1/p+1. The summed E-state index contributed by atoms with van der Waals surface area (Å²) in [5, 5.41) is 1.04. The van der Waals surface area contributed by atoms with Crippen molar-refractivity contribution in [3.05, 3.63) is 30.5 Å². The fourth-order valence-electron chi connectivity index (χ4n) is 1.86. The van der Waals surface area contributed by atoms with Crippen molar-refractivity contribution in [2.75, 3.05) is 28.2 Å². The van der Waals surface area contributed by atoms with Gasteiger partial charge < -0.3 is 9.88 Å². The van der Waals surface area contributed by atoms with Gasteiger partial charge in [0.1, 0.15) is 37.8 Å². The fourth-order valence-corrected chi connectivity index (χ4v) is 1.86. The first-order chi connectivity index (χ1) is 8.58. The van der Waals surface area contributed by atoms with Crippen LogP contribution >= 0.6 is 0 Å². The molecule has 0 atom stereocenters. The van der Waals surface area contributed by atoms with E-state index >= 15 is 0 Å². The highest BCUT2D eigenvalue weighted by atomic mass is 15.0. The van der Waals surface area contributed by atoms with Gasteiger partial charge in [0.25, 0.3) is 0 Å². The molecule has 2 aromatic heterocycles. The summed E-state index contributed by atoms with van der Waals surface area (Å²) >= 11 is 0. The van der Waals surface area contributed by atoms with Gasteiger partial charge in [0, 0.05) is 11.6 Å². The number of aromatic amines is 1. The van der Waals surface area contributed by atoms with Crippen molar-refractivity contribution in [3.8, 4) is 0 Å². The lowest BCUT2D eigenvalue weighted by atomic mass is 10.1. The van der Waals surface area contributed by atoms with E-state index in [9.17, 15) is 0 Å². The minimum absolute atomic E-state index is 0.867. The molecule has 94 valence electrons. The second-order valence-corrected chi connectivity index (χ2v) is 4.73. The predicted molar refractivity (Wildman–Crippen MR) is 72.8 cm³/mol. The van der Waals surface area contributed by atoms with Crippen LogP contribution in [0.2, 0.25) is 0 Å². The normalized spacial score (nSPS) is 12.2. The van der Waals surface area contributed by atoms with E-state index in [0.717, 1.165) is 22.3 Å². The number of fused-ring (bicyclic) bond motifs is 1. The third-order valence-electron chi connectivity index (χ3n) is 2.47. The van der Waals surface area contributed by atoms with E-state index < -0.39 is 0 Å². The lowest BCUT2D eigenvalue weighted by Gasteiger charge is -2.04. The van der Waals surface area contributed by atoms with Crippen molar-refractivity contribution in [3.63, 3.8) is 0 Å². The molecule has 2 heterocycles. The number of aromatic nitrogens is 3. The molecular weight excluding hydrogens is 226 g/mol. The number of H-pyrrole nitrogens is 1. The highest BCUT2D eigenvalue weighted by Crippen LogP contribution is 2.18. The van der Waals surface area contributed by atoms with Crippen molar-refractivity contribution in [1.82, 2.24) is 15.0 Å². The fraction of sp³-hybridized carbons (Fsp3) is 0.308. The van der Waals surface area contributed by atoms with E-state index in [2.05, 4.69) is 41.5 Å². The Labute approximate surface area is 106 Å². The second-order valence-electron chi connectivity index (χ2n) is 4.73. The molecule has 0 saturated heterocycles. The molecule has 0 aliphatic heterocycles. The average Bonchev–Trinajstić information content (AvgIpc) is 2.74. The first kappa shape index (κ1) is 12.4. The second kappa shape index (κ2) is 5.10. The highest BCUT2D eigenvalue weighted by Gasteiger charge is 2.12. The van der Waals surface area contributed by atoms with Crippen LogP contribution < -0.4 is 4.90 Å². The Morgan fingerprint density at radius 3 is 2.78 bits per heavy atom. The average molecular weight is 245 g/mol. The van der Waals surface area contributed by atoms with Gasteiger partial charge in [0.05, 0.1) is 19.8 Å². The van der Waals surface area contributed by atoms with Crippen LogP contribution in [0.1, 0.15) is 5.69 Å². The minimum atomic E-state index is 0.867. The van der Waals surface area contributed by atoms with Crippen LogP contribution in [0.4, 0.5) is 0 Å². The van der Waals surface area contributed by atoms with Gasteiger partial charge in [-0.2, -0.15) is 0 Å². The van der Waals surface area contributed by atoms with Gasteiger partial charge in [-0.1, -0.05) is 0 Å². The number of nitrogens with zero attached hydrogens (tertiary/aromatic N) is 3. The number of nitrogens with one attached hydrogen (secondary N) is 2. The smallest absolute Gasteiger partial charge is 0.177 e. The third kappa shape index (κ3) is 2.62. The van der Waals surface area contributed by atoms with Crippen LogP contribution in [0.5, 0.6) is 0 Å². The third-order valence-corrected chi connectivity index (χ3v) is 2.47. The number of quaternary nitrogens is 1. The lowest BCUT2D eigenvalue weighted by Crippen LogP contribution is -3.00. The monoisotopic (exact) mass is 245 g/mol. The maximum absolute atomic E-state index is 4.41. The number of rotatable bonds is 3. The Morgan fingerprint density at radius 1 is 1.33 bits per heavy atom. The van der Waals surface area contributed by atoms with E-state index in [1.165, 1.54) is 4.90 Å². The Morgan fingerprint density at radius 2 is 2.11 bits per heavy atom. The van der Waals surface area contributed by atoms with Crippen molar-refractivity contribution >= 4 is 22.8 Å². The van der Waals surface area contributed by atoms with Crippen molar-refractivity contribution in [2.45, 2.75) is 0 Å². The van der Waals surface area contributed by atoms with Gasteiger partial charge in [-0.15, -0.1) is 0 Å². The molecule has 18 heavy (non-hydrogen) atoms. The van der Waals surface area contributed by atoms with Gasteiger partial charge >= 0.3 is 0 Å². The quantitative estimate of drug-likeness (QED) is 0.580. The molecule has 2 aromatic rings. The molecule has 5 nitrogen and oxygen atoms in total. The summed E-state index contributed by atoms with van der Waals surface area (Å²) in [7, 11) is 8.18. The van der Waals surface area contributed by atoms with Crippen molar-refractivity contribution in [1.29, 1.82) is 0 Å². The topological polar surface area (TPSA) is 49.0 Å². The van der Waals surface area contributed by atoms with Crippen LogP contribution in [0.25, 0.3) is 16.6 Å². The number of hydrogen-bond acceptors (Lipinski definition) is 2. The van der Waals surface area contributed by atoms with Crippen molar-refractivity contribution in [2.24, 2.45) is 0 Å². The van der Waals surface area contributed by atoms with E-state index in [1.54, 1.807) is 6.33 Å². The summed E-state index contributed by atoms with van der Waals surface area (Å²) in [5.41, 5.74) is 2.91. The van der Waals surface area contributed by atoms with E-state index in [-0.39, 0.29) is 0 Å². The highest BCUT2D eigenvalue weighted by molar-refractivity contribution is 6.10. The summed E-state index contributed by atoms with van der Waals surface area (Å²) in [6.07, 6.45) is 7.69. The van der Waals surface area contributed by atoms with Gasteiger partial charge in [-0.05, 0) is 6.07 Å². The maximum Gasteiger partial charge on any atom is 0.177 e. The summed E-state index contributed by atoms with van der Waals surface area (Å²) < 4.78 is 2.02. The molecule has 0 aliphatic rings. The van der Waals surface area contributed by atoms with E-state index in [0.29, 0.717) is 0 Å². The molecule has 0 aromatic carbocycles. The lowest BCUT2D eigenvalue weighted by molar-refractivity contribution is -0.800. The SMILES string of the molecule is C[N+](C)=C/C(=C/[NH+](C)C)c1ncnc2[nH]ccc12. The summed E-state index contributed by atoms with van der Waals surface area (Å²) in [5.74, 6) is 0.